The van der Waals surface area contributed by atoms with Gasteiger partial charge in [0.1, 0.15) is 0 Å². The van der Waals surface area contributed by atoms with Gasteiger partial charge < -0.3 is 19.7 Å². The lowest BCUT2D eigenvalue weighted by Gasteiger charge is -2.32. The number of nitrogens with zero attached hydrogens (tertiary/aromatic N) is 2. The molecule has 23 heavy (non-hydrogen) atoms. The molecule has 1 N–H and O–H groups in total. The molecular formula is C17H28IN3O2. The molecule has 0 unspecified atom stereocenters. The molecule has 130 valence electrons. The number of fused-ring (bicyclic) bond motifs is 1. The lowest BCUT2D eigenvalue weighted by Crippen LogP contribution is -2.45. The number of hydrogen-bond donors (Lipinski definition) is 1. The van der Waals surface area contributed by atoms with Gasteiger partial charge in [0.15, 0.2) is 17.5 Å². The molecule has 0 radical (unpaired) electrons. The Morgan fingerprint density at radius 3 is 2.35 bits per heavy atom. The number of halogens is 1. The van der Waals surface area contributed by atoms with E-state index in [4.69, 9.17) is 9.47 Å². The molecule has 0 bridgehead atoms. The van der Waals surface area contributed by atoms with Crippen molar-refractivity contribution < 1.29 is 9.47 Å². The Balaban J connectivity index is 0.00000264. The van der Waals surface area contributed by atoms with E-state index in [9.17, 15) is 0 Å². The van der Waals surface area contributed by atoms with Gasteiger partial charge in [-0.3, -0.25) is 4.99 Å². The highest BCUT2D eigenvalue weighted by Crippen LogP contribution is 2.33. The molecule has 1 aliphatic rings. The molecule has 0 atom stereocenters. The van der Waals surface area contributed by atoms with E-state index in [1.165, 1.54) is 11.1 Å². The molecule has 0 amide bonds. The molecule has 0 saturated carbocycles. The van der Waals surface area contributed by atoms with Gasteiger partial charge in [-0.15, -0.1) is 24.0 Å². The number of aliphatic imine (C=N–C) groups is 1. The molecule has 0 fully saturated rings. The van der Waals surface area contributed by atoms with Crippen molar-refractivity contribution in [3.63, 3.8) is 0 Å². The maximum Gasteiger partial charge on any atom is 0.193 e. The first kappa shape index (κ1) is 19.9. The van der Waals surface area contributed by atoms with Crippen molar-refractivity contribution in [2.75, 3.05) is 34.4 Å². The van der Waals surface area contributed by atoms with Crippen LogP contribution in [-0.4, -0.2) is 45.2 Å². The first-order valence-corrected chi connectivity index (χ1v) is 7.78. The Kier molecular flexibility index (Phi) is 7.94. The molecule has 0 aliphatic carbocycles. The van der Waals surface area contributed by atoms with Gasteiger partial charge in [-0.25, -0.2) is 0 Å². The Morgan fingerprint density at radius 1 is 1.22 bits per heavy atom. The van der Waals surface area contributed by atoms with Crippen LogP contribution in [0.2, 0.25) is 0 Å². The standard InChI is InChI=1S/C17H27N3O2.HI/c1-12(2)10-19-17(18-3)20-7-6-13-8-15(21-4)16(22-5)9-14(13)11-20;/h8-9,12H,6-7,10-11H2,1-5H3,(H,18,19);1H. The molecule has 0 saturated heterocycles. The lowest BCUT2D eigenvalue weighted by atomic mass is 9.99. The monoisotopic (exact) mass is 433 g/mol. The summed E-state index contributed by atoms with van der Waals surface area (Å²) < 4.78 is 10.8. The summed E-state index contributed by atoms with van der Waals surface area (Å²) in [6.07, 6.45) is 0.984. The van der Waals surface area contributed by atoms with E-state index in [2.05, 4.69) is 41.2 Å². The maximum absolute atomic E-state index is 5.41. The second kappa shape index (κ2) is 9.20. The summed E-state index contributed by atoms with van der Waals surface area (Å²) in [4.78, 5) is 6.70. The van der Waals surface area contributed by atoms with E-state index in [1.807, 2.05) is 7.05 Å². The maximum atomic E-state index is 5.41. The second-order valence-corrected chi connectivity index (χ2v) is 5.97. The van der Waals surface area contributed by atoms with Crippen molar-refractivity contribution in [2.45, 2.75) is 26.8 Å². The van der Waals surface area contributed by atoms with Crippen LogP contribution in [-0.2, 0) is 13.0 Å². The number of hydrogen-bond acceptors (Lipinski definition) is 3. The number of ether oxygens (including phenoxy) is 2. The SMILES string of the molecule is CN=C(NCC(C)C)N1CCc2cc(OC)c(OC)cc2C1.I. The number of benzene rings is 1. The van der Waals surface area contributed by atoms with E-state index in [1.54, 1.807) is 14.2 Å². The van der Waals surface area contributed by atoms with E-state index >= 15 is 0 Å². The molecule has 1 aromatic carbocycles. The van der Waals surface area contributed by atoms with Crippen LogP contribution in [0.3, 0.4) is 0 Å². The van der Waals surface area contributed by atoms with Crippen LogP contribution >= 0.6 is 24.0 Å². The minimum absolute atomic E-state index is 0. The van der Waals surface area contributed by atoms with Gasteiger partial charge in [0.05, 0.1) is 14.2 Å². The quantitative estimate of drug-likeness (QED) is 0.451. The average molecular weight is 433 g/mol. The fourth-order valence-corrected chi connectivity index (χ4v) is 2.69. The van der Waals surface area contributed by atoms with Gasteiger partial charge >= 0.3 is 0 Å². The molecule has 1 heterocycles. The third-order valence-electron chi connectivity index (χ3n) is 3.90. The zero-order valence-corrected chi connectivity index (χ0v) is 17.0. The Labute approximate surface area is 156 Å². The van der Waals surface area contributed by atoms with Crippen molar-refractivity contribution in [3.8, 4) is 11.5 Å². The van der Waals surface area contributed by atoms with Gasteiger partial charge in [0.2, 0.25) is 0 Å². The summed E-state index contributed by atoms with van der Waals surface area (Å²) in [5, 5.41) is 3.44. The van der Waals surface area contributed by atoms with Crippen LogP contribution in [0.4, 0.5) is 0 Å². The minimum atomic E-state index is 0. The first-order valence-electron chi connectivity index (χ1n) is 7.78. The highest BCUT2D eigenvalue weighted by Gasteiger charge is 2.21. The fraction of sp³-hybridized carbons (Fsp3) is 0.588. The number of guanidine groups is 1. The summed E-state index contributed by atoms with van der Waals surface area (Å²) in [6, 6.07) is 4.17. The summed E-state index contributed by atoms with van der Waals surface area (Å²) in [5.74, 6) is 3.15. The van der Waals surface area contributed by atoms with Gasteiger partial charge in [-0.1, -0.05) is 13.8 Å². The summed E-state index contributed by atoms with van der Waals surface area (Å²) in [5.41, 5.74) is 2.60. The van der Waals surface area contributed by atoms with Crippen molar-refractivity contribution in [1.29, 1.82) is 0 Å². The number of rotatable bonds is 4. The largest absolute Gasteiger partial charge is 0.493 e. The molecule has 0 spiro atoms. The van der Waals surface area contributed by atoms with E-state index in [0.29, 0.717) is 5.92 Å². The average Bonchev–Trinajstić information content (AvgIpc) is 2.53. The summed E-state index contributed by atoms with van der Waals surface area (Å²) in [6.45, 7) is 7.13. The molecule has 6 heteroatoms. The zero-order valence-electron chi connectivity index (χ0n) is 14.7. The van der Waals surface area contributed by atoms with Crippen molar-refractivity contribution in [1.82, 2.24) is 10.2 Å². The van der Waals surface area contributed by atoms with Gasteiger partial charge in [-0.05, 0) is 35.6 Å². The highest BCUT2D eigenvalue weighted by atomic mass is 127. The van der Waals surface area contributed by atoms with Crippen LogP contribution in [0.15, 0.2) is 17.1 Å². The Morgan fingerprint density at radius 2 is 1.83 bits per heavy atom. The Bertz CT molecular complexity index is 547. The molecule has 2 rings (SSSR count). The second-order valence-electron chi connectivity index (χ2n) is 5.97. The molecular weight excluding hydrogens is 405 g/mol. The highest BCUT2D eigenvalue weighted by molar-refractivity contribution is 14.0. The van der Waals surface area contributed by atoms with Crippen LogP contribution in [0.25, 0.3) is 0 Å². The third-order valence-corrected chi connectivity index (χ3v) is 3.90. The predicted molar refractivity (Wildman–Crippen MR) is 105 cm³/mol. The van der Waals surface area contributed by atoms with Crippen LogP contribution in [0.1, 0.15) is 25.0 Å². The topological polar surface area (TPSA) is 46.1 Å². The van der Waals surface area contributed by atoms with Crippen LogP contribution in [0, 0.1) is 5.92 Å². The van der Waals surface area contributed by atoms with Crippen molar-refractivity contribution in [2.24, 2.45) is 10.9 Å². The predicted octanol–water partition coefficient (Wildman–Crippen LogP) is 2.91. The van der Waals surface area contributed by atoms with E-state index in [-0.39, 0.29) is 24.0 Å². The van der Waals surface area contributed by atoms with Gasteiger partial charge in [0.25, 0.3) is 0 Å². The summed E-state index contributed by atoms with van der Waals surface area (Å²) >= 11 is 0. The van der Waals surface area contributed by atoms with E-state index < -0.39 is 0 Å². The molecule has 1 aliphatic heterocycles. The summed E-state index contributed by atoms with van der Waals surface area (Å²) in [7, 11) is 5.19. The van der Waals surface area contributed by atoms with Crippen molar-refractivity contribution >= 4 is 29.9 Å². The fourth-order valence-electron chi connectivity index (χ4n) is 2.69. The van der Waals surface area contributed by atoms with E-state index in [0.717, 1.165) is 43.5 Å². The third kappa shape index (κ3) is 4.89. The lowest BCUT2D eigenvalue weighted by molar-refractivity contribution is 0.345. The van der Waals surface area contributed by atoms with Gasteiger partial charge in [0, 0.05) is 26.7 Å². The van der Waals surface area contributed by atoms with Crippen LogP contribution < -0.4 is 14.8 Å². The molecule has 5 nitrogen and oxygen atoms in total. The van der Waals surface area contributed by atoms with Crippen LogP contribution in [0.5, 0.6) is 11.5 Å². The first-order chi connectivity index (χ1) is 10.6. The van der Waals surface area contributed by atoms with Crippen molar-refractivity contribution in [3.05, 3.63) is 23.3 Å². The Hall–Kier alpha value is -1.18. The zero-order chi connectivity index (χ0) is 16.1. The van der Waals surface area contributed by atoms with Gasteiger partial charge in [-0.2, -0.15) is 0 Å². The molecule has 1 aromatic rings. The number of methoxy groups -OCH3 is 2. The smallest absolute Gasteiger partial charge is 0.193 e. The normalized spacial score (nSPS) is 14.2. The minimum Gasteiger partial charge on any atom is -0.493 e. The molecule has 0 aromatic heterocycles. The number of nitrogens with one attached hydrogen (secondary N) is 1.